The highest BCUT2D eigenvalue weighted by molar-refractivity contribution is 6.42. The first-order chi connectivity index (χ1) is 13.0. The lowest BCUT2D eigenvalue weighted by atomic mass is 10.1. The van der Waals surface area contributed by atoms with Gasteiger partial charge in [0, 0.05) is 11.1 Å². The SMILES string of the molecule is COc1ccc(-c2cc(C=CC(=O)c3ccc(Cl)c(Cl)c3)[nH]n2)cc1OC. The summed E-state index contributed by atoms with van der Waals surface area (Å²) in [5.74, 6) is 1.07. The predicted octanol–water partition coefficient (Wildman–Crippen LogP) is 5.30. The fourth-order valence-corrected chi connectivity index (χ4v) is 2.77. The lowest BCUT2D eigenvalue weighted by Crippen LogP contribution is -1.93. The maximum atomic E-state index is 12.3. The zero-order valence-corrected chi connectivity index (χ0v) is 16.1. The number of methoxy groups -OCH3 is 2. The molecule has 3 rings (SSSR count). The third-order valence-corrected chi connectivity index (χ3v) is 4.63. The van der Waals surface area contributed by atoms with E-state index in [0.29, 0.717) is 32.8 Å². The molecule has 0 aliphatic carbocycles. The molecule has 2 aromatic carbocycles. The fourth-order valence-electron chi connectivity index (χ4n) is 2.48. The second-order valence-electron chi connectivity index (χ2n) is 5.60. The Morgan fingerprint density at radius 3 is 2.48 bits per heavy atom. The molecule has 0 amide bonds. The summed E-state index contributed by atoms with van der Waals surface area (Å²) in [7, 11) is 3.16. The van der Waals surface area contributed by atoms with E-state index in [0.717, 1.165) is 11.3 Å². The van der Waals surface area contributed by atoms with Crippen LogP contribution < -0.4 is 9.47 Å². The molecule has 7 heteroatoms. The van der Waals surface area contributed by atoms with Crippen molar-refractivity contribution < 1.29 is 14.3 Å². The molecule has 138 valence electrons. The number of nitrogens with zero attached hydrogens (tertiary/aromatic N) is 1. The van der Waals surface area contributed by atoms with Crippen molar-refractivity contribution in [2.24, 2.45) is 0 Å². The summed E-state index contributed by atoms with van der Waals surface area (Å²) in [6.07, 6.45) is 3.10. The maximum Gasteiger partial charge on any atom is 0.185 e. The standard InChI is InChI=1S/C20H16Cl2N2O3/c1-26-19-8-4-12(10-20(19)27-2)17-11-14(23-24-17)5-7-18(25)13-3-6-15(21)16(22)9-13/h3-11H,1-2H3,(H,23,24). The van der Waals surface area contributed by atoms with E-state index in [1.165, 1.54) is 6.08 Å². The zero-order valence-electron chi connectivity index (χ0n) is 14.6. The van der Waals surface area contributed by atoms with E-state index in [1.807, 2.05) is 24.3 Å². The molecule has 0 saturated carbocycles. The van der Waals surface area contributed by atoms with Crippen molar-refractivity contribution >= 4 is 35.1 Å². The molecular formula is C20H16Cl2N2O3. The number of aromatic amines is 1. The molecule has 0 spiro atoms. The molecule has 27 heavy (non-hydrogen) atoms. The van der Waals surface area contributed by atoms with E-state index < -0.39 is 0 Å². The number of carbonyl (C=O) groups excluding carboxylic acids is 1. The van der Waals surface area contributed by atoms with Crippen LogP contribution >= 0.6 is 23.2 Å². The number of nitrogens with one attached hydrogen (secondary N) is 1. The van der Waals surface area contributed by atoms with Crippen LogP contribution in [0.15, 0.2) is 48.5 Å². The number of allylic oxidation sites excluding steroid dienone is 1. The molecule has 0 bridgehead atoms. The minimum Gasteiger partial charge on any atom is -0.493 e. The fraction of sp³-hybridized carbons (Fsp3) is 0.100. The summed E-state index contributed by atoms with van der Waals surface area (Å²) in [5.41, 5.74) is 2.73. The second-order valence-corrected chi connectivity index (χ2v) is 6.42. The quantitative estimate of drug-likeness (QED) is 0.448. The van der Waals surface area contributed by atoms with Crippen LogP contribution in [0.1, 0.15) is 16.1 Å². The van der Waals surface area contributed by atoms with Crippen molar-refractivity contribution in [3.63, 3.8) is 0 Å². The first kappa shape index (κ1) is 19.0. The molecule has 0 fully saturated rings. The molecule has 0 aliphatic heterocycles. The molecule has 0 aliphatic rings. The van der Waals surface area contributed by atoms with Gasteiger partial charge in [-0.1, -0.05) is 23.2 Å². The van der Waals surface area contributed by atoms with Crippen LogP contribution in [0.2, 0.25) is 10.0 Å². The number of rotatable bonds is 6. The van der Waals surface area contributed by atoms with Crippen molar-refractivity contribution in [1.82, 2.24) is 10.2 Å². The second kappa shape index (κ2) is 8.29. The largest absolute Gasteiger partial charge is 0.493 e. The van der Waals surface area contributed by atoms with Crippen molar-refractivity contribution in [3.8, 4) is 22.8 Å². The normalized spacial score (nSPS) is 11.0. The molecule has 3 aromatic rings. The average molecular weight is 403 g/mol. The Labute approximate surface area is 166 Å². The monoisotopic (exact) mass is 402 g/mol. The van der Waals surface area contributed by atoms with E-state index in [9.17, 15) is 4.79 Å². The number of carbonyl (C=O) groups is 1. The van der Waals surface area contributed by atoms with Crippen LogP contribution in [0.3, 0.4) is 0 Å². The minimum atomic E-state index is -0.184. The number of ketones is 1. The lowest BCUT2D eigenvalue weighted by Gasteiger charge is -2.08. The summed E-state index contributed by atoms with van der Waals surface area (Å²) in [4.78, 5) is 12.3. The van der Waals surface area contributed by atoms with Gasteiger partial charge in [0.2, 0.25) is 0 Å². The Balaban J connectivity index is 1.78. The number of aromatic nitrogens is 2. The molecule has 5 nitrogen and oxygen atoms in total. The molecule has 1 N–H and O–H groups in total. The van der Waals surface area contributed by atoms with Gasteiger partial charge in [-0.25, -0.2) is 0 Å². The Bertz CT molecular complexity index is 1010. The lowest BCUT2D eigenvalue weighted by molar-refractivity contribution is 0.104. The highest BCUT2D eigenvalue weighted by Gasteiger charge is 2.09. The van der Waals surface area contributed by atoms with E-state index in [2.05, 4.69) is 10.2 Å². The number of hydrogen-bond donors (Lipinski definition) is 1. The summed E-state index contributed by atoms with van der Waals surface area (Å²) >= 11 is 11.8. The number of hydrogen-bond acceptors (Lipinski definition) is 4. The third-order valence-electron chi connectivity index (χ3n) is 3.90. The van der Waals surface area contributed by atoms with E-state index in [-0.39, 0.29) is 5.78 Å². The van der Waals surface area contributed by atoms with Crippen LogP contribution in [0, 0.1) is 0 Å². The minimum absolute atomic E-state index is 0.184. The first-order valence-electron chi connectivity index (χ1n) is 7.97. The van der Waals surface area contributed by atoms with E-state index in [1.54, 1.807) is 38.5 Å². The Morgan fingerprint density at radius 2 is 1.78 bits per heavy atom. The molecule has 0 saturated heterocycles. The Kier molecular flexibility index (Phi) is 5.84. The van der Waals surface area contributed by atoms with Crippen LogP contribution in [-0.4, -0.2) is 30.2 Å². The summed E-state index contributed by atoms with van der Waals surface area (Å²) in [6, 6.07) is 12.1. The van der Waals surface area contributed by atoms with Gasteiger partial charge in [0.1, 0.15) is 0 Å². The first-order valence-corrected chi connectivity index (χ1v) is 8.72. The smallest absolute Gasteiger partial charge is 0.185 e. The summed E-state index contributed by atoms with van der Waals surface area (Å²) < 4.78 is 10.5. The van der Waals surface area contributed by atoms with Crippen LogP contribution in [0.4, 0.5) is 0 Å². The predicted molar refractivity (Wildman–Crippen MR) is 107 cm³/mol. The van der Waals surface area contributed by atoms with Crippen LogP contribution in [-0.2, 0) is 0 Å². The highest BCUT2D eigenvalue weighted by Crippen LogP contribution is 2.31. The zero-order chi connectivity index (χ0) is 19.4. The van der Waals surface area contributed by atoms with Crippen molar-refractivity contribution in [1.29, 1.82) is 0 Å². The van der Waals surface area contributed by atoms with Gasteiger partial charge in [0.25, 0.3) is 0 Å². The van der Waals surface area contributed by atoms with Gasteiger partial charge in [-0.2, -0.15) is 5.10 Å². The van der Waals surface area contributed by atoms with Gasteiger partial charge >= 0.3 is 0 Å². The Morgan fingerprint density at radius 1 is 1.00 bits per heavy atom. The van der Waals surface area contributed by atoms with E-state index in [4.69, 9.17) is 32.7 Å². The summed E-state index contributed by atoms with van der Waals surface area (Å²) in [6.45, 7) is 0. The van der Waals surface area contributed by atoms with Crippen LogP contribution in [0.25, 0.3) is 17.3 Å². The maximum absolute atomic E-state index is 12.3. The molecule has 1 heterocycles. The molecular weight excluding hydrogens is 387 g/mol. The van der Waals surface area contributed by atoms with Gasteiger partial charge in [-0.15, -0.1) is 0 Å². The molecule has 1 aromatic heterocycles. The molecule has 0 atom stereocenters. The van der Waals surface area contributed by atoms with Crippen molar-refractivity contribution in [3.05, 3.63) is 69.8 Å². The number of ether oxygens (including phenoxy) is 2. The van der Waals surface area contributed by atoms with Crippen LogP contribution in [0.5, 0.6) is 11.5 Å². The average Bonchev–Trinajstić information content (AvgIpc) is 3.16. The highest BCUT2D eigenvalue weighted by atomic mass is 35.5. The number of halogens is 2. The Hall–Kier alpha value is -2.76. The van der Waals surface area contributed by atoms with E-state index >= 15 is 0 Å². The number of benzene rings is 2. The van der Waals surface area contributed by atoms with Gasteiger partial charge < -0.3 is 9.47 Å². The van der Waals surface area contributed by atoms with Crippen molar-refractivity contribution in [2.45, 2.75) is 0 Å². The van der Waals surface area contributed by atoms with Gasteiger partial charge in [0.05, 0.1) is 35.7 Å². The van der Waals surface area contributed by atoms with Crippen molar-refractivity contribution in [2.75, 3.05) is 14.2 Å². The molecule has 0 unspecified atom stereocenters. The van der Waals surface area contributed by atoms with Gasteiger partial charge in [0.15, 0.2) is 17.3 Å². The van der Waals surface area contributed by atoms with Gasteiger partial charge in [-0.05, 0) is 54.6 Å². The number of H-pyrrole nitrogens is 1. The topological polar surface area (TPSA) is 64.2 Å². The third kappa shape index (κ3) is 4.32. The van der Waals surface area contributed by atoms with Gasteiger partial charge in [-0.3, -0.25) is 9.89 Å². The molecule has 0 radical (unpaired) electrons. The summed E-state index contributed by atoms with van der Waals surface area (Å²) in [5, 5.41) is 7.91.